The molecule has 0 amide bonds. The Kier molecular flexibility index (Phi) is 5.37. The molecule has 0 bridgehead atoms. The van der Waals surface area contributed by atoms with E-state index < -0.39 is 16.0 Å². The molecular weight excluding hydrogens is 302 g/mol. The van der Waals surface area contributed by atoms with Crippen molar-refractivity contribution < 1.29 is 18.3 Å². The van der Waals surface area contributed by atoms with E-state index in [1.807, 2.05) is 6.07 Å². The topological polar surface area (TPSA) is 74.7 Å². The predicted molar refractivity (Wildman–Crippen MR) is 85.1 cm³/mol. The first-order valence-corrected chi connectivity index (χ1v) is 8.96. The first kappa shape index (κ1) is 16.7. The molecule has 5 nitrogen and oxygen atoms in total. The number of hydrogen-bond donors (Lipinski definition) is 1. The summed E-state index contributed by atoms with van der Waals surface area (Å²) in [6.45, 7) is 4.02. The Morgan fingerprint density at radius 1 is 1.41 bits per heavy atom. The Labute approximate surface area is 131 Å². The van der Waals surface area contributed by atoms with Crippen LogP contribution in [0.5, 0.6) is 0 Å². The number of piperidine rings is 1. The van der Waals surface area contributed by atoms with Crippen LogP contribution in [-0.4, -0.2) is 36.1 Å². The molecule has 1 atom stereocenters. The van der Waals surface area contributed by atoms with Gasteiger partial charge in [0.15, 0.2) is 0 Å². The fourth-order valence-corrected chi connectivity index (χ4v) is 4.41. The van der Waals surface area contributed by atoms with Gasteiger partial charge in [0, 0.05) is 12.6 Å². The minimum Gasteiger partial charge on any atom is -0.481 e. The van der Waals surface area contributed by atoms with Gasteiger partial charge in [-0.2, -0.15) is 4.31 Å². The summed E-state index contributed by atoms with van der Waals surface area (Å²) in [6, 6.07) is 7.01. The second kappa shape index (κ2) is 7.07. The van der Waals surface area contributed by atoms with Crippen molar-refractivity contribution >= 4 is 16.0 Å². The summed E-state index contributed by atoms with van der Waals surface area (Å²) < 4.78 is 26.3. The lowest BCUT2D eigenvalue weighted by molar-refractivity contribution is -0.136. The second-order valence-electron chi connectivity index (χ2n) is 5.51. The molecule has 0 saturated carbocycles. The summed E-state index contributed by atoms with van der Waals surface area (Å²) >= 11 is 0. The van der Waals surface area contributed by atoms with Gasteiger partial charge in [-0.3, -0.25) is 4.79 Å². The molecule has 1 aliphatic rings. The Morgan fingerprint density at radius 3 is 2.86 bits per heavy atom. The Morgan fingerprint density at radius 2 is 2.18 bits per heavy atom. The number of benzene rings is 1. The van der Waals surface area contributed by atoms with E-state index in [0.29, 0.717) is 12.1 Å². The van der Waals surface area contributed by atoms with Crippen molar-refractivity contribution in [2.75, 3.05) is 12.3 Å². The number of hydrogen-bond acceptors (Lipinski definition) is 3. The van der Waals surface area contributed by atoms with Crippen LogP contribution in [0.25, 0.3) is 0 Å². The Balaban J connectivity index is 2.31. The lowest BCUT2D eigenvalue weighted by Gasteiger charge is -2.35. The van der Waals surface area contributed by atoms with Crippen molar-refractivity contribution in [3.63, 3.8) is 0 Å². The zero-order valence-corrected chi connectivity index (χ0v) is 13.3. The molecule has 1 aliphatic heterocycles. The van der Waals surface area contributed by atoms with E-state index in [1.54, 1.807) is 18.2 Å². The number of carboxylic acid groups (broad SMARTS) is 1. The summed E-state index contributed by atoms with van der Waals surface area (Å²) in [5, 5.41) is 8.90. The van der Waals surface area contributed by atoms with Crippen molar-refractivity contribution in [1.82, 2.24) is 4.31 Å². The summed E-state index contributed by atoms with van der Waals surface area (Å²) in [4.78, 5) is 10.8. The minimum atomic E-state index is -3.37. The van der Waals surface area contributed by atoms with E-state index >= 15 is 0 Å². The summed E-state index contributed by atoms with van der Waals surface area (Å²) in [7, 11) is -3.37. The molecule has 1 unspecified atom stereocenters. The van der Waals surface area contributed by atoms with Gasteiger partial charge in [0.1, 0.15) is 0 Å². The van der Waals surface area contributed by atoms with Gasteiger partial charge in [-0.25, -0.2) is 8.42 Å². The van der Waals surface area contributed by atoms with Gasteiger partial charge in [-0.05, 0) is 24.0 Å². The molecule has 6 heteroatoms. The summed E-state index contributed by atoms with van der Waals surface area (Å²) in [5.41, 5.74) is 1.56. The first-order valence-electron chi connectivity index (χ1n) is 7.35. The molecule has 1 heterocycles. The monoisotopic (exact) mass is 323 g/mol. The third-order valence-corrected chi connectivity index (χ3v) is 5.64. The Hall–Kier alpha value is -1.66. The van der Waals surface area contributed by atoms with E-state index in [0.717, 1.165) is 24.8 Å². The van der Waals surface area contributed by atoms with Gasteiger partial charge in [0.2, 0.25) is 10.0 Å². The predicted octanol–water partition coefficient (Wildman–Crippen LogP) is 2.36. The van der Waals surface area contributed by atoms with Crippen molar-refractivity contribution in [2.24, 2.45) is 0 Å². The maximum Gasteiger partial charge on any atom is 0.307 e. The highest BCUT2D eigenvalue weighted by Crippen LogP contribution is 2.33. The lowest BCUT2D eigenvalue weighted by Crippen LogP contribution is -2.39. The smallest absolute Gasteiger partial charge is 0.307 e. The van der Waals surface area contributed by atoms with Crippen LogP contribution in [0.1, 0.15) is 36.4 Å². The van der Waals surface area contributed by atoms with Crippen molar-refractivity contribution in [1.29, 1.82) is 0 Å². The molecule has 1 aromatic carbocycles. The SMILES string of the molecule is C=CCS(=O)(=O)N1CCCCC1c1cccc(CC(=O)O)c1. The Bertz CT molecular complexity index is 654. The van der Waals surface area contributed by atoms with Gasteiger partial charge < -0.3 is 5.11 Å². The summed E-state index contributed by atoms with van der Waals surface area (Å²) in [5.74, 6) is -0.963. The van der Waals surface area contributed by atoms with E-state index in [1.165, 1.54) is 10.4 Å². The van der Waals surface area contributed by atoms with Crippen LogP contribution in [-0.2, 0) is 21.2 Å². The van der Waals surface area contributed by atoms with Gasteiger partial charge in [0.25, 0.3) is 0 Å². The standard InChI is InChI=1S/C16H21NO4S/c1-2-10-22(20,21)17-9-4-3-8-15(17)14-7-5-6-13(11-14)12-16(18)19/h2,5-7,11,15H,1,3-4,8-10,12H2,(H,18,19). The van der Waals surface area contributed by atoms with Crippen LogP contribution in [0.3, 0.4) is 0 Å². The highest BCUT2D eigenvalue weighted by atomic mass is 32.2. The highest BCUT2D eigenvalue weighted by molar-refractivity contribution is 7.89. The molecule has 120 valence electrons. The second-order valence-corrected chi connectivity index (χ2v) is 7.47. The van der Waals surface area contributed by atoms with E-state index in [4.69, 9.17) is 5.11 Å². The van der Waals surface area contributed by atoms with Crippen molar-refractivity contribution in [3.05, 3.63) is 48.0 Å². The molecule has 0 aliphatic carbocycles. The molecule has 1 aromatic rings. The molecule has 0 spiro atoms. The van der Waals surface area contributed by atoms with Gasteiger partial charge >= 0.3 is 5.97 Å². The molecule has 1 saturated heterocycles. The number of rotatable bonds is 6. The van der Waals surface area contributed by atoms with Crippen LogP contribution in [0.15, 0.2) is 36.9 Å². The maximum absolute atomic E-state index is 12.4. The fraction of sp³-hybridized carbons (Fsp3) is 0.438. The van der Waals surface area contributed by atoms with Crippen molar-refractivity contribution in [3.8, 4) is 0 Å². The first-order chi connectivity index (χ1) is 10.4. The zero-order chi connectivity index (χ0) is 16.2. The molecular formula is C16H21NO4S. The van der Waals surface area contributed by atoms with Crippen LogP contribution >= 0.6 is 0 Å². The number of nitrogens with zero attached hydrogens (tertiary/aromatic N) is 1. The normalized spacial score (nSPS) is 19.7. The van der Waals surface area contributed by atoms with Gasteiger partial charge in [0.05, 0.1) is 12.2 Å². The quantitative estimate of drug-likeness (QED) is 0.816. The van der Waals surface area contributed by atoms with E-state index in [9.17, 15) is 13.2 Å². The summed E-state index contributed by atoms with van der Waals surface area (Å²) in [6.07, 6.45) is 3.92. The highest BCUT2D eigenvalue weighted by Gasteiger charge is 2.32. The van der Waals surface area contributed by atoms with Crippen LogP contribution in [0.4, 0.5) is 0 Å². The van der Waals surface area contributed by atoms with Crippen molar-refractivity contribution in [2.45, 2.75) is 31.7 Å². The molecule has 1 N–H and O–H groups in total. The van der Waals surface area contributed by atoms with E-state index in [2.05, 4.69) is 6.58 Å². The third-order valence-electron chi connectivity index (χ3n) is 3.83. The van der Waals surface area contributed by atoms with E-state index in [-0.39, 0.29) is 18.2 Å². The molecule has 1 fully saturated rings. The minimum absolute atomic E-state index is 0.0556. The zero-order valence-electron chi connectivity index (χ0n) is 12.4. The average molecular weight is 323 g/mol. The molecule has 0 radical (unpaired) electrons. The molecule has 22 heavy (non-hydrogen) atoms. The average Bonchev–Trinajstić information content (AvgIpc) is 2.47. The van der Waals surface area contributed by atoms with Gasteiger partial charge in [-0.1, -0.05) is 36.8 Å². The maximum atomic E-state index is 12.4. The van der Waals surface area contributed by atoms with Gasteiger partial charge in [-0.15, -0.1) is 6.58 Å². The number of sulfonamides is 1. The third kappa shape index (κ3) is 3.96. The lowest BCUT2D eigenvalue weighted by atomic mass is 9.95. The number of carboxylic acids is 1. The largest absolute Gasteiger partial charge is 0.481 e. The number of carbonyl (C=O) groups is 1. The van der Waals surface area contributed by atoms with Crippen LogP contribution in [0.2, 0.25) is 0 Å². The van der Waals surface area contributed by atoms with Crippen LogP contribution < -0.4 is 0 Å². The molecule has 0 aromatic heterocycles. The fourth-order valence-electron chi connectivity index (χ4n) is 2.90. The number of aliphatic carboxylic acids is 1. The van der Waals surface area contributed by atoms with Crippen LogP contribution in [0, 0.1) is 0 Å². The molecule has 2 rings (SSSR count).